The van der Waals surface area contributed by atoms with Crippen molar-refractivity contribution in [2.24, 2.45) is 0 Å². The van der Waals surface area contributed by atoms with Crippen molar-refractivity contribution < 1.29 is 22.1 Å². The normalized spacial score (nSPS) is 11.5. The number of amides is 1. The Balaban J connectivity index is 1.92. The lowest BCUT2D eigenvalue weighted by atomic mass is 10.1. The standard InChI is InChI=1S/C25H20BrClN2O5S/c1-15-7-9-19(10-8-15)35(31,32)34-24-20(26)12-17(13-23(24)33-3)11-18(14-28)25(30)29-22-6-4-5-21(27)16(22)2/h4-13H,1-3H3,(H,29,30)/b18-11+. The van der Waals surface area contributed by atoms with Crippen LogP contribution in [0.2, 0.25) is 5.02 Å². The number of carbonyl (C=O) groups excluding carboxylic acids is 1. The number of hydrogen-bond donors (Lipinski definition) is 1. The van der Waals surface area contributed by atoms with Crippen LogP contribution in [0.4, 0.5) is 5.69 Å². The monoisotopic (exact) mass is 574 g/mol. The summed E-state index contributed by atoms with van der Waals surface area (Å²) in [7, 11) is -2.79. The van der Waals surface area contributed by atoms with Crippen molar-refractivity contribution in [3.8, 4) is 17.6 Å². The van der Waals surface area contributed by atoms with E-state index in [1.54, 1.807) is 37.3 Å². The lowest BCUT2D eigenvalue weighted by Gasteiger charge is -2.14. The van der Waals surface area contributed by atoms with Gasteiger partial charge in [0.05, 0.1) is 11.6 Å². The number of hydrogen-bond acceptors (Lipinski definition) is 6. The number of methoxy groups -OCH3 is 1. The Kier molecular flexibility index (Phi) is 8.22. The van der Waals surface area contributed by atoms with Crippen LogP contribution in [0, 0.1) is 25.2 Å². The molecule has 0 aliphatic rings. The molecule has 0 radical (unpaired) electrons. The van der Waals surface area contributed by atoms with Gasteiger partial charge in [-0.05, 0) is 83.4 Å². The van der Waals surface area contributed by atoms with Gasteiger partial charge in [0.25, 0.3) is 5.91 Å². The van der Waals surface area contributed by atoms with Crippen LogP contribution in [-0.2, 0) is 14.9 Å². The van der Waals surface area contributed by atoms with E-state index in [0.29, 0.717) is 21.8 Å². The fourth-order valence-electron chi connectivity index (χ4n) is 3.01. The first-order chi connectivity index (χ1) is 16.6. The molecule has 10 heteroatoms. The topological polar surface area (TPSA) is 105 Å². The molecule has 0 saturated heterocycles. The molecule has 3 aromatic rings. The molecule has 3 rings (SSSR count). The van der Waals surface area contributed by atoms with Gasteiger partial charge in [-0.25, -0.2) is 0 Å². The third-order valence-corrected chi connectivity index (χ3v) is 7.18. The van der Waals surface area contributed by atoms with E-state index in [1.165, 1.54) is 37.5 Å². The molecular weight excluding hydrogens is 556 g/mol. The average molecular weight is 576 g/mol. The minimum atomic E-state index is -4.13. The van der Waals surface area contributed by atoms with Crippen LogP contribution in [0.15, 0.2) is 69.5 Å². The predicted molar refractivity (Wildman–Crippen MR) is 138 cm³/mol. The van der Waals surface area contributed by atoms with Gasteiger partial charge in [-0.3, -0.25) is 4.79 Å². The molecular formula is C25H20BrClN2O5S. The summed E-state index contributed by atoms with van der Waals surface area (Å²) >= 11 is 9.39. The smallest absolute Gasteiger partial charge is 0.339 e. The number of nitrogens with zero attached hydrogens (tertiary/aromatic N) is 1. The molecule has 0 atom stereocenters. The molecule has 7 nitrogen and oxygen atoms in total. The van der Waals surface area contributed by atoms with E-state index < -0.39 is 16.0 Å². The van der Waals surface area contributed by atoms with E-state index in [2.05, 4.69) is 21.2 Å². The summed E-state index contributed by atoms with van der Waals surface area (Å²) in [6, 6.07) is 16.1. The van der Waals surface area contributed by atoms with E-state index in [1.807, 2.05) is 13.0 Å². The first kappa shape index (κ1) is 26.3. The van der Waals surface area contributed by atoms with Gasteiger partial charge in [-0.2, -0.15) is 13.7 Å². The van der Waals surface area contributed by atoms with Crippen LogP contribution in [-0.4, -0.2) is 21.4 Å². The van der Waals surface area contributed by atoms with Crippen LogP contribution < -0.4 is 14.2 Å². The zero-order valence-electron chi connectivity index (χ0n) is 18.9. The third-order valence-electron chi connectivity index (χ3n) is 4.95. The van der Waals surface area contributed by atoms with Crippen molar-refractivity contribution >= 4 is 55.3 Å². The second kappa shape index (κ2) is 11.0. The highest BCUT2D eigenvalue weighted by atomic mass is 79.9. The van der Waals surface area contributed by atoms with Crippen molar-refractivity contribution in [2.75, 3.05) is 12.4 Å². The van der Waals surface area contributed by atoms with E-state index >= 15 is 0 Å². The Hall–Kier alpha value is -3.32. The number of benzene rings is 3. The van der Waals surface area contributed by atoms with Crippen LogP contribution >= 0.6 is 27.5 Å². The van der Waals surface area contributed by atoms with Gasteiger partial charge in [0.1, 0.15) is 16.5 Å². The van der Waals surface area contributed by atoms with Gasteiger partial charge in [0.2, 0.25) is 0 Å². The summed E-state index contributed by atoms with van der Waals surface area (Å²) in [6.07, 6.45) is 1.35. The molecule has 0 unspecified atom stereocenters. The van der Waals surface area contributed by atoms with Crippen LogP contribution in [0.3, 0.4) is 0 Å². The number of aryl methyl sites for hydroxylation is 1. The Morgan fingerprint density at radius 1 is 1.14 bits per heavy atom. The molecule has 1 amide bonds. The first-order valence-corrected chi connectivity index (χ1v) is 12.7. The molecule has 3 aromatic carbocycles. The maximum atomic E-state index is 12.7. The second-order valence-corrected chi connectivity index (χ2v) is 10.2. The van der Waals surface area contributed by atoms with E-state index in [0.717, 1.165) is 5.56 Å². The Bertz CT molecular complexity index is 1460. The van der Waals surface area contributed by atoms with Gasteiger partial charge in [-0.15, -0.1) is 0 Å². The maximum absolute atomic E-state index is 12.7. The molecule has 1 N–H and O–H groups in total. The highest BCUT2D eigenvalue weighted by Gasteiger charge is 2.22. The largest absolute Gasteiger partial charge is 0.493 e. The summed E-state index contributed by atoms with van der Waals surface area (Å²) in [6.45, 7) is 3.59. The number of anilines is 1. The fraction of sp³-hybridized carbons (Fsp3) is 0.120. The second-order valence-electron chi connectivity index (χ2n) is 7.42. The molecule has 0 heterocycles. The molecule has 0 aromatic heterocycles. The van der Waals surface area contributed by atoms with Gasteiger partial charge < -0.3 is 14.2 Å². The lowest BCUT2D eigenvalue weighted by molar-refractivity contribution is -0.112. The Morgan fingerprint density at radius 2 is 1.83 bits per heavy atom. The molecule has 0 saturated carbocycles. The summed E-state index contributed by atoms with van der Waals surface area (Å²) < 4.78 is 36.4. The van der Waals surface area contributed by atoms with Gasteiger partial charge >= 0.3 is 10.1 Å². The van der Waals surface area contributed by atoms with E-state index in [9.17, 15) is 18.5 Å². The first-order valence-electron chi connectivity index (χ1n) is 10.1. The van der Waals surface area contributed by atoms with Crippen molar-refractivity contribution in [1.82, 2.24) is 0 Å². The summed E-state index contributed by atoms with van der Waals surface area (Å²) in [5.41, 5.74) is 2.28. The molecule has 0 spiro atoms. The number of nitrogens with one attached hydrogen (secondary N) is 1. The summed E-state index contributed by atoms with van der Waals surface area (Å²) in [5, 5.41) is 12.7. The maximum Gasteiger partial charge on any atom is 0.339 e. The molecule has 180 valence electrons. The number of halogens is 2. The molecule has 0 bridgehead atoms. The molecule has 0 aliphatic carbocycles. The summed E-state index contributed by atoms with van der Waals surface area (Å²) in [4.78, 5) is 12.7. The number of ether oxygens (including phenoxy) is 1. The van der Waals surface area contributed by atoms with E-state index in [-0.39, 0.29) is 26.4 Å². The SMILES string of the molecule is COc1cc(/C=C(\C#N)C(=O)Nc2cccc(Cl)c2C)cc(Br)c1OS(=O)(=O)c1ccc(C)cc1. The average Bonchev–Trinajstić information content (AvgIpc) is 2.82. The van der Waals surface area contributed by atoms with Crippen molar-refractivity contribution in [3.05, 3.63) is 86.4 Å². The van der Waals surface area contributed by atoms with Crippen LogP contribution in [0.1, 0.15) is 16.7 Å². The molecule has 0 fully saturated rings. The molecule has 0 aliphatic heterocycles. The van der Waals surface area contributed by atoms with Crippen molar-refractivity contribution in [2.45, 2.75) is 18.7 Å². The minimum Gasteiger partial charge on any atom is -0.493 e. The highest BCUT2D eigenvalue weighted by molar-refractivity contribution is 9.10. The quantitative estimate of drug-likeness (QED) is 0.209. The predicted octanol–water partition coefficient (Wildman–Crippen LogP) is 6.04. The number of rotatable bonds is 7. The Labute approximate surface area is 217 Å². The van der Waals surface area contributed by atoms with E-state index in [4.69, 9.17) is 20.5 Å². The zero-order chi connectivity index (χ0) is 25.8. The van der Waals surface area contributed by atoms with Gasteiger partial charge in [-0.1, -0.05) is 35.4 Å². The third kappa shape index (κ3) is 6.22. The fourth-order valence-corrected chi connectivity index (χ4v) is 4.79. The van der Waals surface area contributed by atoms with Crippen LogP contribution in [0.25, 0.3) is 6.08 Å². The summed E-state index contributed by atoms with van der Waals surface area (Å²) in [5.74, 6) is -0.609. The highest BCUT2D eigenvalue weighted by Crippen LogP contribution is 2.39. The molecule has 35 heavy (non-hydrogen) atoms. The van der Waals surface area contributed by atoms with Crippen molar-refractivity contribution in [1.29, 1.82) is 5.26 Å². The zero-order valence-corrected chi connectivity index (χ0v) is 22.1. The number of nitriles is 1. The van der Waals surface area contributed by atoms with Crippen LogP contribution in [0.5, 0.6) is 11.5 Å². The Morgan fingerprint density at radius 3 is 2.46 bits per heavy atom. The van der Waals surface area contributed by atoms with Gasteiger partial charge in [0.15, 0.2) is 11.5 Å². The minimum absolute atomic E-state index is 0.0132. The lowest BCUT2D eigenvalue weighted by Crippen LogP contribution is -2.14. The van der Waals surface area contributed by atoms with Crippen molar-refractivity contribution in [3.63, 3.8) is 0 Å². The van der Waals surface area contributed by atoms with Gasteiger partial charge in [0, 0.05) is 10.7 Å². The number of carbonyl (C=O) groups is 1.